The molecule has 0 aliphatic carbocycles. The summed E-state index contributed by atoms with van der Waals surface area (Å²) in [5.74, 6) is -0.869. The molecule has 430 valence electrons. The van der Waals surface area contributed by atoms with Crippen LogP contribution in [0.2, 0.25) is 36.3 Å². The van der Waals surface area contributed by atoms with Crippen molar-refractivity contribution >= 4 is 61.1 Å². The molecule has 15 heteroatoms. The van der Waals surface area contributed by atoms with Crippen LogP contribution >= 0.6 is 22.6 Å². The summed E-state index contributed by atoms with van der Waals surface area (Å²) in [5.41, 5.74) is 2.03. The molecule has 5 aliphatic rings. The van der Waals surface area contributed by atoms with Gasteiger partial charge in [0.2, 0.25) is 0 Å². The van der Waals surface area contributed by atoms with E-state index in [4.69, 9.17) is 32.5 Å². The first-order valence-corrected chi connectivity index (χ1v) is 37.6. The third kappa shape index (κ3) is 15.0. The summed E-state index contributed by atoms with van der Waals surface area (Å²) < 4.78 is 82.3. The third-order valence-corrected chi connectivity index (χ3v) is 30.7. The standard InChI is InChI=1S/C61H99IO11SSi2/c1-18-38(2)33-52-42(6)55(54(70-52)37-53-41(5)39(3)34-45(68-53)26-28-49-40(4)35-44(67-49)23-22-32-63)59(74(65,66)47-24-20-19-21-25-47)48(64)36-46-27-29-50-56(69-46)43(7)57(73-76(16,17)61(11,12)13)58(71-50)51(30-31-62)72-75(14,15)60(8,9)10/h19-21,24-25,30-32,38-39,42-46,49-59H,4-5,18,22-23,26-29,33-37H2,1-3,6-17H3/b31-30+/t38-,39-,42+,43+,44+,45+,46-,49+,50+,51+,52-,53-,54+,55-,56-,57+,58+,59?/m1/s1. The van der Waals surface area contributed by atoms with Gasteiger partial charge in [-0.05, 0) is 139 Å². The Morgan fingerprint density at radius 1 is 0.842 bits per heavy atom. The lowest BCUT2D eigenvalue weighted by Crippen LogP contribution is -2.64. The van der Waals surface area contributed by atoms with Gasteiger partial charge in [0.05, 0.1) is 72.0 Å². The quantitative estimate of drug-likeness (QED) is 0.0449. The Kier molecular flexibility index (Phi) is 22.0. The number of fused-ring (bicyclic) bond motifs is 1. The lowest BCUT2D eigenvalue weighted by Gasteiger charge is -2.54. The van der Waals surface area contributed by atoms with E-state index in [1.165, 1.54) is 0 Å². The number of ketones is 1. The Balaban J connectivity index is 1.29. The van der Waals surface area contributed by atoms with Gasteiger partial charge in [-0.3, -0.25) is 4.79 Å². The van der Waals surface area contributed by atoms with E-state index in [0.29, 0.717) is 38.0 Å². The second-order valence-corrected chi connectivity index (χ2v) is 39.1. The summed E-state index contributed by atoms with van der Waals surface area (Å²) in [4.78, 5) is 26.8. The number of benzene rings is 1. The average molecular weight is 1220 g/mol. The van der Waals surface area contributed by atoms with E-state index in [1.807, 2.05) is 4.08 Å². The first-order valence-electron chi connectivity index (χ1n) is 29.0. The molecule has 11 nitrogen and oxygen atoms in total. The topological polar surface area (TPSA) is 133 Å². The van der Waals surface area contributed by atoms with Crippen LogP contribution in [-0.4, -0.2) is 116 Å². The van der Waals surface area contributed by atoms with Crippen LogP contribution in [-0.2, 0) is 52.0 Å². The summed E-state index contributed by atoms with van der Waals surface area (Å²) in [7, 11) is -8.88. The first-order chi connectivity index (χ1) is 35.4. The summed E-state index contributed by atoms with van der Waals surface area (Å²) in [5, 5.41) is -1.48. The molecule has 5 heterocycles. The van der Waals surface area contributed by atoms with E-state index < -0.39 is 56.0 Å². The molecule has 1 aromatic carbocycles. The highest BCUT2D eigenvalue weighted by Gasteiger charge is 2.57. The summed E-state index contributed by atoms with van der Waals surface area (Å²) in [6, 6.07) is 8.49. The van der Waals surface area contributed by atoms with Crippen LogP contribution in [0.1, 0.15) is 153 Å². The van der Waals surface area contributed by atoms with Crippen molar-refractivity contribution in [3.63, 3.8) is 0 Å². The maximum atomic E-state index is 15.6. The van der Waals surface area contributed by atoms with E-state index in [2.05, 4.69) is 144 Å². The molecule has 0 saturated carbocycles. The fourth-order valence-corrected chi connectivity index (χ4v) is 17.2. The number of carbonyl (C=O) groups is 2. The average Bonchev–Trinajstić information content (AvgIpc) is 3.85. The Bertz CT molecular complexity index is 2260. The Morgan fingerprint density at radius 2 is 1.50 bits per heavy atom. The molecule has 5 aliphatic heterocycles. The minimum Gasteiger partial charge on any atom is -0.411 e. The molecule has 6 rings (SSSR count). The molecule has 0 bridgehead atoms. The number of hydrogen-bond acceptors (Lipinski definition) is 11. The van der Waals surface area contributed by atoms with Crippen molar-refractivity contribution < 1.29 is 50.5 Å². The molecule has 1 unspecified atom stereocenters. The number of hydrogen-bond donors (Lipinski definition) is 0. The number of rotatable bonds is 23. The van der Waals surface area contributed by atoms with E-state index in [0.717, 1.165) is 56.0 Å². The van der Waals surface area contributed by atoms with Gasteiger partial charge in [0.1, 0.15) is 17.6 Å². The number of halogens is 1. The number of sulfone groups is 1. The summed E-state index contributed by atoms with van der Waals surface area (Å²) in [6.45, 7) is 42.4. The predicted octanol–water partition coefficient (Wildman–Crippen LogP) is 14.1. The van der Waals surface area contributed by atoms with Crippen LogP contribution in [0.4, 0.5) is 0 Å². The normalized spacial score (nSPS) is 34.3. The van der Waals surface area contributed by atoms with Gasteiger partial charge in [-0.1, -0.05) is 137 Å². The van der Waals surface area contributed by atoms with Crippen LogP contribution in [0.15, 0.2) is 69.7 Å². The van der Waals surface area contributed by atoms with E-state index in [9.17, 15) is 4.79 Å². The second-order valence-electron chi connectivity index (χ2n) is 26.8. The fraction of sp³-hybridized carbons (Fsp3) is 0.770. The minimum atomic E-state index is -4.24. The zero-order chi connectivity index (χ0) is 56.3. The van der Waals surface area contributed by atoms with Crippen LogP contribution in [0.25, 0.3) is 0 Å². The maximum absolute atomic E-state index is 15.6. The van der Waals surface area contributed by atoms with Crippen molar-refractivity contribution in [2.24, 2.45) is 29.6 Å². The Hall–Kier alpha value is -1.39. The summed E-state index contributed by atoms with van der Waals surface area (Å²) >= 11 is 2.28. The van der Waals surface area contributed by atoms with Gasteiger partial charge < -0.3 is 37.3 Å². The van der Waals surface area contributed by atoms with Crippen LogP contribution in [0, 0.1) is 29.6 Å². The van der Waals surface area contributed by atoms with Crippen LogP contribution in [0.3, 0.4) is 0 Å². The second kappa shape index (κ2) is 26.2. The van der Waals surface area contributed by atoms with E-state index in [-0.39, 0.29) is 99.9 Å². The molecule has 1 aromatic rings. The monoisotopic (exact) mass is 1220 g/mol. The molecular formula is C61H99IO11SSi2. The molecule has 0 N–H and O–H groups in total. The predicted molar refractivity (Wildman–Crippen MR) is 319 cm³/mol. The van der Waals surface area contributed by atoms with E-state index >= 15 is 13.2 Å². The highest BCUT2D eigenvalue weighted by molar-refractivity contribution is 14.1. The molecule has 5 fully saturated rings. The van der Waals surface area contributed by atoms with E-state index in [1.54, 1.807) is 30.3 Å². The lowest BCUT2D eigenvalue weighted by molar-refractivity contribution is -0.251. The van der Waals surface area contributed by atoms with Crippen molar-refractivity contribution in [3.8, 4) is 0 Å². The number of Topliss-reactive ketones (excluding diaryl/α,β-unsaturated/α-hetero) is 1. The molecule has 5 saturated heterocycles. The van der Waals surface area contributed by atoms with Gasteiger partial charge in [0.25, 0.3) is 0 Å². The summed E-state index contributed by atoms with van der Waals surface area (Å²) in [6.07, 6.45) is 6.96. The zero-order valence-corrected chi connectivity index (χ0v) is 54.2. The van der Waals surface area contributed by atoms with Gasteiger partial charge in [0.15, 0.2) is 32.3 Å². The van der Waals surface area contributed by atoms with Gasteiger partial charge >= 0.3 is 0 Å². The molecular weight excluding hydrogens is 1120 g/mol. The van der Waals surface area contributed by atoms with Crippen molar-refractivity contribution in [2.45, 2.75) is 273 Å². The number of ether oxygens (including phenoxy) is 5. The van der Waals surface area contributed by atoms with Gasteiger partial charge in [-0.25, -0.2) is 8.42 Å². The zero-order valence-electron chi connectivity index (χ0n) is 49.2. The van der Waals surface area contributed by atoms with Crippen molar-refractivity contribution in [1.82, 2.24) is 0 Å². The lowest BCUT2D eigenvalue weighted by atomic mass is 9.78. The van der Waals surface area contributed by atoms with Crippen molar-refractivity contribution in [2.75, 3.05) is 0 Å². The van der Waals surface area contributed by atoms with Crippen molar-refractivity contribution in [1.29, 1.82) is 0 Å². The third-order valence-electron chi connectivity index (χ3n) is 19.2. The Labute approximate surface area is 475 Å². The molecule has 0 amide bonds. The first kappa shape index (κ1) is 63.8. The molecule has 76 heavy (non-hydrogen) atoms. The largest absolute Gasteiger partial charge is 0.411 e. The molecule has 18 atom stereocenters. The number of aldehydes is 1. The number of carbonyl (C=O) groups excluding carboxylic acids is 2. The maximum Gasteiger partial charge on any atom is 0.193 e. The SMILES string of the molecule is C=C1C[C@H](CCC=O)O[C@H]1CC[C@H]1C[C@@H](C)C(=C)[C@@H](C[C@@H]2O[C@H](C[C@H](C)CC)[C@H](C)[C@H]2C(C(=O)C[C@H]2CC[C@@H]3O[C@@H]([C@H](/C=C/I)O[Si](C)(C)C(C)(C)C)[C@@H](O[Si](C)(C)C(C)(C)C)[C@@H](C)[C@H]3O2)S(=O)(=O)c2ccccc2)O1. The fourth-order valence-electron chi connectivity index (χ4n) is 12.1. The van der Waals surface area contributed by atoms with Crippen molar-refractivity contribution in [3.05, 3.63) is 64.8 Å². The smallest absolute Gasteiger partial charge is 0.193 e. The highest BCUT2D eigenvalue weighted by atomic mass is 127. The van der Waals surface area contributed by atoms with Crippen LogP contribution < -0.4 is 0 Å². The molecule has 0 aromatic heterocycles. The highest BCUT2D eigenvalue weighted by Crippen LogP contribution is 2.49. The minimum absolute atomic E-state index is 0.0126. The van der Waals surface area contributed by atoms with Gasteiger partial charge in [-0.15, -0.1) is 0 Å². The molecule has 0 spiro atoms. The van der Waals surface area contributed by atoms with Crippen LogP contribution in [0.5, 0.6) is 0 Å². The Morgan fingerprint density at radius 3 is 2.12 bits per heavy atom. The van der Waals surface area contributed by atoms with Gasteiger partial charge in [0, 0.05) is 31.1 Å². The van der Waals surface area contributed by atoms with Gasteiger partial charge in [-0.2, -0.15) is 0 Å². The molecule has 0 radical (unpaired) electrons.